The molecule has 2 unspecified atom stereocenters. The molecular formula is C33H49N3O4. The van der Waals surface area contributed by atoms with Crippen molar-refractivity contribution in [2.45, 2.75) is 111 Å². The molecule has 2 N–H and O–H groups in total. The molecule has 0 saturated carbocycles. The number of unbranched alkanes of at least 4 members (excludes halogenated alkanes) is 2. The molecule has 0 aromatic heterocycles. The molecule has 7 heteroatoms. The van der Waals surface area contributed by atoms with Crippen LogP contribution in [0.5, 0.6) is 0 Å². The number of nitrogens with one attached hydrogen (secondary N) is 2. The van der Waals surface area contributed by atoms with Gasteiger partial charge in [-0.3, -0.25) is 9.59 Å². The molecule has 0 spiro atoms. The van der Waals surface area contributed by atoms with E-state index in [0.717, 1.165) is 41.5 Å². The summed E-state index contributed by atoms with van der Waals surface area (Å²) in [6.07, 6.45) is 2.49. The summed E-state index contributed by atoms with van der Waals surface area (Å²) >= 11 is 0. The summed E-state index contributed by atoms with van der Waals surface area (Å²) in [4.78, 5) is 43.1. The molecule has 0 saturated heterocycles. The number of carbonyl (C=O) groups excluding carboxylic acids is 3. The molecule has 0 aliphatic heterocycles. The van der Waals surface area contributed by atoms with E-state index in [0.29, 0.717) is 6.54 Å². The largest absolute Gasteiger partial charge is 0.444 e. The van der Waals surface area contributed by atoms with Gasteiger partial charge in [-0.1, -0.05) is 73.9 Å². The van der Waals surface area contributed by atoms with E-state index in [9.17, 15) is 14.4 Å². The van der Waals surface area contributed by atoms with Crippen molar-refractivity contribution in [2.75, 3.05) is 6.54 Å². The molecule has 0 aliphatic carbocycles. The maximum absolute atomic E-state index is 14.6. The first-order valence-corrected chi connectivity index (χ1v) is 14.4. The number of aryl methyl sites for hydroxylation is 2. The highest BCUT2D eigenvalue weighted by atomic mass is 16.6. The average Bonchev–Trinajstić information content (AvgIpc) is 2.84. The fourth-order valence-electron chi connectivity index (χ4n) is 4.65. The van der Waals surface area contributed by atoms with Crippen molar-refractivity contribution in [1.82, 2.24) is 15.5 Å². The van der Waals surface area contributed by atoms with E-state index in [4.69, 9.17) is 4.74 Å². The molecule has 0 bridgehead atoms. The summed E-state index contributed by atoms with van der Waals surface area (Å²) in [7, 11) is 0. The van der Waals surface area contributed by atoms with Gasteiger partial charge in [0.15, 0.2) is 0 Å². The third-order valence-electron chi connectivity index (χ3n) is 6.55. The molecule has 2 aromatic carbocycles. The first kappa shape index (κ1) is 32.9. The lowest BCUT2D eigenvalue weighted by atomic mass is 9.91. The quantitative estimate of drug-likeness (QED) is 0.316. The number of nitrogens with zero attached hydrogens (tertiary/aromatic N) is 1. The first-order chi connectivity index (χ1) is 18.6. The van der Waals surface area contributed by atoms with Gasteiger partial charge < -0.3 is 20.3 Å². The highest BCUT2D eigenvalue weighted by Gasteiger charge is 2.42. The Labute approximate surface area is 241 Å². The standard InChI is InChI=1S/C33H49N3O4/c1-10-11-15-20-34-29(37)28(26-21-23(2)18-19-24(26)3)36(32(4,5)6)30(38)27(22-25-16-13-12-14-17-25)35-31(39)40-33(7,8)9/h12-14,16-19,21,27-28H,10-11,15,20,22H2,1-9H3,(H,34,37)(H,35,39). The number of rotatable bonds is 11. The molecule has 0 heterocycles. The van der Waals surface area contributed by atoms with E-state index in [1.54, 1.807) is 25.7 Å². The second-order valence-electron chi connectivity index (χ2n) is 12.5. The highest BCUT2D eigenvalue weighted by molar-refractivity contribution is 5.93. The minimum absolute atomic E-state index is 0.233. The van der Waals surface area contributed by atoms with Crippen LogP contribution in [0.15, 0.2) is 48.5 Å². The monoisotopic (exact) mass is 551 g/mol. The summed E-state index contributed by atoms with van der Waals surface area (Å²) < 4.78 is 5.52. The number of hydrogen-bond acceptors (Lipinski definition) is 4. The van der Waals surface area contributed by atoms with Crippen LogP contribution in [0.1, 0.15) is 96.0 Å². The normalized spacial score (nSPS) is 13.2. The van der Waals surface area contributed by atoms with Crippen LogP contribution in [0, 0.1) is 13.8 Å². The summed E-state index contributed by atoms with van der Waals surface area (Å²) in [6, 6.07) is 13.7. The Hall–Kier alpha value is -3.35. The van der Waals surface area contributed by atoms with E-state index in [1.165, 1.54) is 0 Å². The number of alkyl carbamates (subject to hydrolysis) is 1. The van der Waals surface area contributed by atoms with Gasteiger partial charge >= 0.3 is 6.09 Å². The number of carbonyl (C=O) groups is 3. The van der Waals surface area contributed by atoms with Gasteiger partial charge in [0.1, 0.15) is 17.7 Å². The molecule has 220 valence electrons. The third kappa shape index (κ3) is 10.00. The van der Waals surface area contributed by atoms with Crippen molar-refractivity contribution in [2.24, 2.45) is 0 Å². The number of benzene rings is 2. The van der Waals surface area contributed by atoms with Crippen LogP contribution in [0.25, 0.3) is 0 Å². The predicted molar refractivity (Wildman–Crippen MR) is 161 cm³/mol. The molecule has 2 aromatic rings. The summed E-state index contributed by atoms with van der Waals surface area (Å²) in [6.45, 7) is 17.7. The van der Waals surface area contributed by atoms with E-state index in [1.807, 2.05) is 83.1 Å². The van der Waals surface area contributed by atoms with E-state index in [2.05, 4.69) is 17.6 Å². The zero-order valence-corrected chi connectivity index (χ0v) is 25.9. The maximum Gasteiger partial charge on any atom is 0.408 e. The van der Waals surface area contributed by atoms with Gasteiger partial charge in [0.2, 0.25) is 11.8 Å². The summed E-state index contributed by atoms with van der Waals surface area (Å²) in [5.41, 5.74) is 2.10. The van der Waals surface area contributed by atoms with E-state index < -0.39 is 29.3 Å². The van der Waals surface area contributed by atoms with Crippen LogP contribution in [0.3, 0.4) is 0 Å². The third-order valence-corrected chi connectivity index (χ3v) is 6.55. The topological polar surface area (TPSA) is 87.7 Å². The van der Waals surface area contributed by atoms with Gasteiger partial charge in [-0.2, -0.15) is 0 Å². The van der Waals surface area contributed by atoms with Crippen LogP contribution >= 0.6 is 0 Å². The fourth-order valence-corrected chi connectivity index (χ4v) is 4.65. The molecule has 2 rings (SSSR count). The number of hydrogen-bond donors (Lipinski definition) is 2. The van der Waals surface area contributed by atoms with Crippen molar-refractivity contribution < 1.29 is 19.1 Å². The van der Waals surface area contributed by atoms with Gasteiger partial charge in [0.05, 0.1) is 0 Å². The lowest BCUT2D eigenvalue weighted by Gasteiger charge is -2.43. The minimum Gasteiger partial charge on any atom is -0.444 e. The maximum atomic E-state index is 14.6. The van der Waals surface area contributed by atoms with Crippen molar-refractivity contribution in [3.8, 4) is 0 Å². The molecule has 0 fully saturated rings. The van der Waals surface area contributed by atoms with Crippen LogP contribution in [-0.2, 0) is 20.7 Å². The fraction of sp³-hybridized carbons (Fsp3) is 0.545. The second-order valence-corrected chi connectivity index (χ2v) is 12.5. The Morgan fingerprint density at radius 1 is 0.925 bits per heavy atom. The zero-order valence-electron chi connectivity index (χ0n) is 25.9. The van der Waals surface area contributed by atoms with Crippen LogP contribution in [0.4, 0.5) is 4.79 Å². The summed E-state index contributed by atoms with van der Waals surface area (Å²) in [5.74, 6) is -0.583. The van der Waals surface area contributed by atoms with Crippen LogP contribution < -0.4 is 10.6 Å². The van der Waals surface area contributed by atoms with Gasteiger partial charge in [-0.05, 0) is 78.5 Å². The van der Waals surface area contributed by atoms with Gasteiger partial charge in [-0.25, -0.2) is 4.79 Å². The minimum atomic E-state index is -0.947. The Kier molecular flexibility index (Phi) is 11.8. The predicted octanol–water partition coefficient (Wildman–Crippen LogP) is 6.41. The molecule has 7 nitrogen and oxygen atoms in total. The lowest BCUT2D eigenvalue weighted by molar-refractivity contribution is -0.148. The number of amides is 3. The van der Waals surface area contributed by atoms with Gasteiger partial charge in [0, 0.05) is 18.5 Å². The zero-order chi connectivity index (χ0) is 30.1. The van der Waals surface area contributed by atoms with Crippen molar-refractivity contribution in [3.63, 3.8) is 0 Å². The highest BCUT2D eigenvalue weighted by Crippen LogP contribution is 2.32. The molecule has 0 aliphatic rings. The van der Waals surface area contributed by atoms with Gasteiger partial charge in [-0.15, -0.1) is 0 Å². The molecule has 40 heavy (non-hydrogen) atoms. The van der Waals surface area contributed by atoms with Crippen molar-refractivity contribution >= 4 is 17.9 Å². The molecular weight excluding hydrogens is 502 g/mol. The second kappa shape index (κ2) is 14.3. The Morgan fingerprint density at radius 2 is 1.57 bits per heavy atom. The van der Waals surface area contributed by atoms with Gasteiger partial charge in [0.25, 0.3) is 0 Å². The van der Waals surface area contributed by atoms with Crippen LogP contribution in [-0.4, -0.2) is 46.5 Å². The van der Waals surface area contributed by atoms with E-state index >= 15 is 0 Å². The Bertz CT molecular complexity index is 1130. The lowest BCUT2D eigenvalue weighted by Crippen LogP contribution is -2.59. The van der Waals surface area contributed by atoms with E-state index in [-0.39, 0.29) is 18.2 Å². The SMILES string of the molecule is CCCCCNC(=O)C(c1cc(C)ccc1C)N(C(=O)C(Cc1ccccc1)NC(=O)OC(C)(C)C)C(C)(C)C. The first-order valence-electron chi connectivity index (χ1n) is 14.4. The molecule has 2 atom stereocenters. The van der Waals surface area contributed by atoms with Crippen molar-refractivity contribution in [1.29, 1.82) is 0 Å². The average molecular weight is 552 g/mol. The smallest absolute Gasteiger partial charge is 0.408 e. The number of ether oxygens (including phenoxy) is 1. The Morgan fingerprint density at radius 3 is 2.15 bits per heavy atom. The molecule has 0 radical (unpaired) electrons. The molecule has 3 amide bonds. The van der Waals surface area contributed by atoms with Crippen molar-refractivity contribution in [3.05, 3.63) is 70.8 Å². The summed E-state index contributed by atoms with van der Waals surface area (Å²) in [5, 5.41) is 5.91. The van der Waals surface area contributed by atoms with Crippen LogP contribution in [0.2, 0.25) is 0 Å². The Balaban J connectivity index is 2.60.